The molecule has 0 spiro atoms. The number of aliphatic carboxylic acids is 1. The fourth-order valence-corrected chi connectivity index (χ4v) is 6.07. The number of hydrogen-bond acceptors (Lipinski definition) is 10. The Morgan fingerprint density at radius 3 is 2.27 bits per heavy atom. The Bertz CT molecular complexity index is 1810. The Hall–Kier alpha value is -4.40. The molecule has 1 amide bonds. The number of aliphatic hydroxyl groups is 4. The molecule has 0 aliphatic carbocycles. The summed E-state index contributed by atoms with van der Waals surface area (Å²) >= 11 is 0. The molecule has 6 N–H and O–H groups in total. The van der Waals surface area contributed by atoms with E-state index in [1.165, 1.54) is 36.4 Å². The van der Waals surface area contributed by atoms with Crippen LogP contribution in [0.25, 0.3) is 0 Å². The van der Waals surface area contributed by atoms with Crippen LogP contribution < -0.4 is 14.4 Å². The Morgan fingerprint density at radius 1 is 1.00 bits per heavy atom. The van der Waals surface area contributed by atoms with Crippen molar-refractivity contribution in [2.75, 3.05) is 17.7 Å². The third-order valence-electron chi connectivity index (χ3n) is 8.31. The molecule has 13 nitrogen and oxygen atoms in total. The van der Waals surface area contributed by atoms with Gasteiger partial charge in [-0.15, -0.1) is 0 Å². The number of hydrogen-bond donors (Lipinski definition) is 6. The van der Waals surface area contributed by atoms with Crippen LogP contribution in [0.5, 0.6) is 5.75 Å². The fourth-order valence-electron chi connectivity index (χ4n) is 5.73. The van der Waals surface area contributed by atoms with Crippen molar-refractivity contribution in [3.05, 3.63) is 95.3 Å². The van der Waals surface area contributed by atoms with E-state index in [1.54, 1.807) is 41.3 Å². The maximum absolute atomic E-state index is 13.6. The molecular weight excluding hydrogens is 663 g/mol. The molecule has 15 heteroatoms. The van der Waals surface area contributed by atoms with E-state index in [0.717, 1.165) is 6.26 Å². The van der Waals surface area contributed by atoms with Gasteiger partial charge in [-0.1, -0.05) is 36.1 Å². The molecule has 3 aromatic rings. The molecule has 260 valence electrons. The van der Waals surface area contributed by atoms with Gasteiger partial charge in [-0.25, -0.2) is 22.3 Å². The summed E-state index contributed by atoms with van der Waals surface area (Å²) < 4.78 is 49.0. The number of carbonyl (C=O) groups is 2. The van der Waals surface area contributed by atoms with Gasteiger partial charge in [0.15, 0.2) is 6.10 Å². The smallest absolute Gasteiger partial charge is 0.335 e. The van der Waals surface area contributed by atoms with Gasteiger partial charge in [-0.3, -0.25) is 4.79 Å². The van der Waals surface area contributed by atoms with Crippen LogP contribution in [-0.2, 0) is 24.3 Å². The van der Waals surface area contributed by atoms with E-state index in [1.807, 2.05) is 0 Å². The first-order chi connectivity index (χ1) is 23.2. The van der Waals surface area contributed by atoms with Gasteiger partial charge in [0, 0.05) is 11.3 Å². The Balaban J connectivity index is 1.35. The lowest BCUT2D eigenvalue weighted by molar-refractivity contribution is -0.271. The van der Waals surface area contributed by atoms with Crippen LogP contribution in [0.3, 0.4) is 0 Å². The number of carboxylic acids is 1. The van der Waals surface area contributed by atoms with Crippen molar-refractivity contribution in [1.29, 1.82) is 0 Å². The van der Waals surface area contributed by atoms with Crippen molar-refractivity contribution in [2.24, 2.45) is 5.92 Å². The lowest BCUT2D eigenvalue weighted by Gasteiger charge is -2.48. The number of rotatable bonds is 11. The van der Waals surface area contributed by atoms with Crippen molar-refractivity contribution < 1.29 is 57.4 Å². The monoisotopic (exact) mass is 698 g/mol. The molecule has 0 unspecified atom stereocenters. The second-order valence-corrected chi connectivity index (χ2v) is 13.6. The van der Waals surface area contributed by atoms with E-state index in [-0.39, 0.29) is 24.6 Å². The number of nitrogens with zero attached hydrogens (tertiary/aromatic N) is 1. The average molecular weight is 699 g/mol. The van der Waals surface area contributed by atoms with E-state index in [9.17, 15) is 47.9 Å². The standard InChI is InChI=1S/C34H35FN2O11S/c1-49(45,46)36-18-2-3-19-4-12-23(13-5-19)37-27(25(32(37)42)16-17-26(38)20-6-10-22(35)11-7-20)21-8-14-24(15-9-21)47-34-30(41)28(39)29(40)31(48-34)33(43)44/h4-15,25-31,34,36,38-41H,16-18H2,1H3,(H,43,44)/t25-,26+,27-,28+,29+,30-,31+,34+/m1/s1. The summed E-state index contributed by atoms with van der Waals surface area (Å²) in [6, 6.07) is 18.2. The van der Waals surface area contributed by atoms with Crippen molar-refractivity contribution in [3.63, 3.8) is 0 Å². The third-order valence-corrected chi connectivity index (χ3v) is 8.98. The zero-order valence-corrected chi connectivity index (χ0v) is 26.9. The highest BCUT2D eigenvalue weighted by Crippen LogP contribution is 2.46. The van der Waals surface area contributed by atoms with Crippen molar-refractivity contribution in [3.8, 4) is 17.6 Å². The zero-order chi connectivity index (χ0) is 35.5. The number of anilines is 1. The molecule has 2 aliphatic rings. The van der Waals surface area contributed by atoms with Crippen LogP contribution in [0.2, 0.25) is 0 Å². The lowest BCUT2D eigenvalue weighted by atomic mass is 9.78. The van der Waals surface area contributed by atoms with Crippen LogP contribution in [0.1, 0.15) is 41.7 Å². The SMILES string of the molecule is CS(=O)(=O)NCC#Cc1ccc(N2C(=O)[C@H](CC[C@H](O)c3ccc(F)cc3)[C@H]2c2ccc(O[C@H]3O[C@H](C(=O)O)[C@@H](O)[C@H](O)[C@H]3O)cc2)cc1. The van der Waals surface area contributed by atoms with Crippen LogP contribution in [0.15, 0.2) is 72.8 Å². The number of aliphatic hydroxyl groups excluding tert-OH is 4. The molecule has 0 radical (unpaired) electrons. The molecule has 49 heavy (non-hydrogen) atoms. The second-order valence-electron chi connectivity index (χ2n) is 11.8. The van der Waals surface area contributed by atoms with Gasteiger partial charge in [0.2, 0.25) is 22.2 Å². The summed E-state index contributed by atoms with van der Waals surface area (Å²) in [5, 5.41) is 50.4. The number of ether oxygens (including phenoxy) is 2. The van der Waals surface area contributed by atoms with E-state index < -0.39 is 70.6 Å². The number of sulfonamides is 1. The van der Waals surface area contributed by atoms with Crippen LogP contribution >= 0.6 is 0 Å². The van der Waals surface area contributed by atoms with Crippen LogP contribution in [-0.4, -0.2) is 89.3 Å². The van der Waals surface area contributed by atoms with Gasteiger partial charge in [-0.2, -0.15) is 0 Å². The largest absolute Gasteiger partial charge is 0.479 e. The summed E-state index contributed by atoms with van der Waals surface area (Å²) in [6.45, 7) is -0.0626. The molecule has 2 heterocycles. The minimum Gasteiger partial charge on any atom is -0.479 e. The number of nitrogens with one attached hydrogen (secondary N) is 1. The van der Waals surface area contributed by atoms with E-state index in [0.29, 0.717) is 28.8 Å². The molecule has 3 aromatic carbocycles. The molecule has 0 bridgehead atoms. The maximum atomic E-state index is 13.6. The zero-order valence-electron chi connectivity index (χ0n) is 26.1. The number of benzene rings is 3. The van der Waals surface area contributed by atoms with E-state index >= 15 is 0 Å². The maximum Gasteiger partial charge on any atom is 0.335 e. The predicted molar refractivity (Wildman–Crippen MR) is 172 cm³/mol. The van der Waals surface area contributed by atoms with Gasteiger partial charge in [0.25, 0.3) is 0 Å². The Morgan fingerprint density at radius 2 is 1.65 bits per heavy atom. The molecule has 5 rings (SSSR count). The number of halogens is 1. The first kappa shape index (κ1) is 35.9. The Kier molecular flexibility index (Phi) is 11.0. The lowest BCUT2D eigenvalue weighted by Crippen LogP contribution is -2.61. The summed E-state index contributed by atoms with van der Waals surface area (Å²) in [6.07, 6.45) is -8.25. The second kappa shape index (κ2) is 15.0. The summed E-state index contributed by atoms with van der Waals surface area (Å²) in [4.78, 5) is 26.6. The number of β-lactam (4-membered cyclic amide) rings is 1. The predicted octanol–water partition coefficient (Wildman–Crippen LogP) is 1.22. The van der Waals surface area contributed by atoms with Crippen molar-refractivity contribution in [2.45, 2.75) is 55.7 Å². The highest BCUT2D eigenvalue weighted by molar-refractivity contribution is 7.88. The van der Waals surface area contributed by atoms with Gasteiger partial charge in [0.05, 0.1) is 30.9 Å². The minimum absolute atomic E-state index is 0.0626. The minimum atomic E-state index is -3.38. The van der Waals surface area contributed by atoms with Crippen LogP contribution in [0, 0.1) is 23.6 Å². The topological polar surface area (TPSA) is 203 Å². The van der Waals surface area contributed by atoms with Gasteiger partial charge in [-0.05, 0) is 72.5 Å². The van der Waals surface area contributed by atoms with Gasteiger partial charge >= 0.3 is 5.97 Å². The van der Waals surface area contributed by atoms with Gasteiger partial charge < -0.3 is 39.9 Å². The molecule has 2 saturated heterocycles. The average Bonchev–Trinajstić information content (AvgIpc) is 3.06. The fraction of sp³-hybridized carbons (Fsp3) is 0.353. The number of amides is 1. The highest BCUT2D eigenvalue weighted by atomic mass is 32.2. The molecule has 0 aromatic heterocycles. The highest BCUT2D eigenvalue weighted by Gasteiger charge is 2.49. The molecule has 2 fully saturated rings. The molecule has 2 aliphatic heterocycles. The summed E-state index contributed by atoms with van der Waals surface area (Å²) in [5.41, 5.74) is 2.37. The molecule has 8 atom stereocenters. The van der Waals surface area contributed by atoms with Crippen LogP contribution in [0.4, 0.5) is 10.1 Å². The molecular formula is C34H35FN2O11S. The number of carboxylic acid groups (broad SMARTS) is 1. The van der Waals surface area contributed by atoms with E-state index in [4.69, 9.17) is 9.47 Å². The first-order valence-corrected chi connectivity index (χ1v) is 17.1. The normalized spacial score (nSPS) is 25.9. The first-order valence-electron chi connectivity index (χ1n) is 15.2. The number of carbonyl (C=O) groups excluding carboxylic acids is 1. The summed E-state index contributed by atoms with van der Waals surface area (Å²) in [5.74, 6) is 3.01. The van der Waals surface area contributed by atoms with Crippen molar-refractivity contribution in [1.82, 2.24) is 4.72 Å². The Labute approximate surface area is 281 Å². The van der Waals surface area contributed by atoms with Crippen molar-refractivity contribution >= 4 is 27.6 Å². The van der Waals surface area contributed by atoms with E-state index in [2.05, 4.69) is 16.6 Å². The summed E-state index contributed by atoms with van der Waals surface area (Å²) in [7, 11) is -3.38. The quantitative estimate of drug-likeness (QED) is 0.124. The third kappa shape index (κ3) is 8.43. The van der Waals surface area contributed by atoms with Gasteiger partial charge in [0.1, 0.15) is 29.9 Å². The molecule has 0 saturated carbocycles.